The predicted octanol–water partition coefficient (Wildman–Crippen LogP) is 3.44. The fourth-order valence-electron chi connectivity index (χ4n) is 2.31. The van der Waals surface area contributed by atoms with E-state index in [0.29, 0.717) is 18.6 Å². The molecule has 18 heavy (non-hydrogen) atoms. The molecule has 2 N–H and O–H groups in total. The third-order valence-corrected chi connectivity index (χ3v) is 3.39. The molecule has 0 amide bonds. The fraction of sp³-hybridized carbons (Fsp3) is 0.625. The second-order valence-corrected chi connectivity index (χ2v) is 5.32. The summed E-state index contributed by atoms with van der Waals surface area (Å²) in [5.41, 5.74) is 2.77. The topological polar surface area (TPSA) is 32.3 Å². The Hall–Kier alpha value is -0.860. The minimum Gasteiger partial charge on any atom is -0.396 e. The van der Waals surface area contributed by atoms with Crippen LogP contribution in [0.1, 0.15) is 50.3 Å². The number of benzene rings is 1. The van der Waals surface area contributed by atoms with Crippen molar-refractivity contribution >= 4 is 0 Å². The molecule has 2 nitrogen and oxygen atoms in total. The van der Waals surface area contributed by atoms with E-state index in [1.807, 2.05) is 0 Å². The molecule has 0 heterocycles. The molecular formula is C16H27NO. The van der Waals surface area contributed by atoms with Gasteiger partial charge in [-0.1, -0.05) is 38.1 Å². The maximum absolute atomic E-state index is 8.76. The van der Waals surface area contributed by atoms with Crippen molar-refractivity contribution in [2.75, 3.05) is 13.2 Å². The second kappa shape index (κ2) is 8.28. The number of unbranched alkanes of at least 4 members (excludes halogenated alkanes) is 2. The van der Waals surface area contributed by atoms with Gasteiger partial charge < -0.3 is 10.4 Å². The molecular weight excluding hydrogens is 222 g/mol. The average Bonchev–Trinajstić information content (AvgIpc) is 2.35. The third-order valence-electron chi connectivity index (χ3n) is 3.39. The molecule has 0 saturated heterocycles. The van der Waals surface area contributed by atoms with Crippen molar-refractivity contribution in [1.82, 2.24) is 5.32 Å². The van der Waals surface area contributed by atoms with Crippen LogP contribution < -0.4 is 5.32 Å². The van der Waals surface area contributed by atoms with Gasteiger partial charge in [0.25, 0.3) is 0 Å². The van der Waals surface area contributed by atoms with Gasteiger partial charge in [0.2, 0.25) is 0 Å². The van der Waals surface area contributed by atoms with Gasteiger partial charge in [-0.05, 0) is 49.8 Å². The molecule has 0 saturated carbocycles. The highest BCUT2D eigenvalue weighted by Gasteiger charge is 2.16. The van der Waals surface area contributed by atoms with Gasteiger partial charge in [0.05, 0.1) is 0 Å². The quantitative estimate of drug-likeness (QED) is 0.692. The van der Waals surface area contributed by atoms with Gasteiger partial charge in [0, 0.05) is 12.6 Å². The normalized spacial score (nSPS) is 12.9. The zero-order valence-electron chi connectivity index (χ0n) is 11.9. The van der Waals surface area contributed by atoms with Crippen molar-refractivity contribution in [3.63, 3.8) is 0 Å². The lowest BCUT2D eigenvalue weighted by Crippen LogP contribution is -2.27. The SMILES string of the molecule is Cc1ccccc1C(NCCCCCO)C(C)C. The summed E-state index contributed by atoms with van der Waals surface area (Å²) in [6.07, 6.45) is 3.15. The van der Waals surface area contributed by atoms with Crippen LogP contribution in [0, 0.1) is 12.8 Å². The van der Waals surface area contributed by atoms with Crippen molar-refractivity contribution in [2.24, 2.45) is 5.92 Å². The number of aliphatic hydroxyl groups excluding tert-OH is 1. The molecule has 1 unspecified atom stereocenters. The summed E-state index contributed by atoms with van der Waals surface area (Å²) in [4.78, 5) is 0. The van der Waals surface area contributed by atoms with Crippen molar-refractivity contribution in [2.45, 2.75) is 46.1 Å². The van der Waals surface area contributed by atoms with E-state index in [4.69, 9.17) is 5.11 Å². The maximum Gasteiger partial charge on any atom is 0.0431 e. The van der Waals surface area contributed by atoms with E-state index in [-0.39, 0.29) is 0 Å². The van der Waals surface area contributed by atoms with Crippen LogP contribution in [0.5, 0.6) is 0 Å². The first kappa shape index (κ1) is 15.2. The highest BCUT2D eigenvalue weighted by atomic mass is 16.2. The van der Waals surface area contributed by atoms with Gasteiger partial charge >= 0.3 is 0 Å². The number of hydrogen-bond donors (Lipinski definition) is 2. The minimum absolute atomic E-state index is 0.311. The van der Waals surface area contributed by atoms with Gasteiger partial charge in [0.15, 0.2) is 0 Å². The Bertz CT molecular complexity index is 336. The van der Waals surface area contributed by atoms with Crippen LogP contribution in [-0.2, 0) is 0 Å². The molecule has 102 valence electrons. The zero-order chi connectivity index (χ0) is 13.4. The Morgan fingerprint density at radius 2 is 1.83 bits per heavy atom. The molecule has 0 fully saturated rings. The number of hydrogen-bond acceptors (Lipinski definition) is 2. The van der Waals surface area contributed by atoms with E-state index < -0.39 is 0 Å². The molecule has 1 rings (SSSR count). The Balaban J connectivity index is 2.53. The van der Waals surface area contributed by atoms with Crippen LogP contribution in [0.2, 0.25) is 0 Å². The van der Waals surface area contributed by atoms with Crippen molar-refractivity contribution in [3.8, 4) is 0 Å². The standard InChI is InChI=1S/C16H27NO/c1-13(2)16(17-11-7-4-8-12-18)15-10-6-5-9-14(15)3/h5-6,9-10,13,16-18H,4,7-8,11-12H2,1-3H3. The molecule has 0 aromatic heterocycles. The summed E-state index contributed by atoms with van der Waals surface area (Å²) in [7, 11) is 0. The minimum atomic E-state index is 0.311. The maximum atomic E-state index is 8.76. The lowest BCUT2D eigenvalue weighted by Gasteiger charge is -2.24. The van der Waals surface area contributed by atoms with Gasteiger partial charge in [-0.3, -0.25) is 0 Å². The zero-order valence-corrected chi connectivity index (χ0v) is 11.9. The molecule has 0 aliphatic carbocycles. The van der Waals surface area contributed by atoms with Crippen molar-refractivity contribution in [3.05, 3.63) is 35.4 Å². The highest BCUT2D eigenvalue weighted by Crippen LogP contribution is 2.24. The molecule has 1 aromatic carbocycles. The smallest absolute Gasteiger partial charge is 0.0431 e. The molecule has 0 spiro atoms. The third kappa shape index (κ3) is 4.79. The lowest BCUT2D eigenvalue weighted by atomic mass is 9.92. The molecule has 0 aliphatic heterocycles. The number of aryl methyl sites for hydroxylation is 1. The monoisotopic (exact) mass is 249 g/mol. The highest BCUT2D eigenvalue weighted by molar-refractivity contribution is 5.29. The van der Waals surface area contributed by atoms with Crippen LogP contribution in [0.4, 0.5) is 0 Å². The Morgan fingerprint density at radius 1 is 1.11 bits per heavy atom. The summed E-state index contributed by atoms with van der Waals surface area (Å²) in [6.45, 7) is 8.04. The van der Waals surface area contributed by atoms with Crippen LogP contribution in [-0.4, -0.2) is 18.3 Å². The van der Waals surface area contributed by atoms with Gasteiger partial charge in [0.1, 0.15) is 0 Å². The van der Waals surface area contributed by atoms with E-state index in [2.05, 4.69) is 50.4 Å². The first-order valence-electron chi connectivity index (χ1n) is 7.06. The average molecular weight is 249 g/mol. The van der Waals surface area contributed by atoms with Crippen molar-refractivity contribution in [1.29, 1.82) is 0 Å². The first-order chi connectivity index (χ1) is 8.66. The predicted molar refractivity (Wildman–Crippen MR) is 77.7 cm³/mol. The summed E-state index contributed by atoms with van der Waals surface area (Å²) >= 11 is 0. The van der Waals surface area contributed by atoms with Gasteiger partial charge in [-0.2, -0.15) is 0 Å². The van der Waals surface area contributed by atoms with Gasteiger partial charge in [-0.15, -0.1) is 0 Å². The number of aliphatic hydroxyl groups is 1. The lowest BCUT2D eigenvalue weighted by molar-refractivity contribution is 0.281. The van der Waals surface area contributed by atoms with E-state index in [1.54, 1.807) is 0 Å². The van der Waals surface area contributed by atoms with E-state index in [9.17, 15) is 0 Å². The Labute approximate surface area is 111 Å². The van der Waals surface area contributed by atoms with E-state index >= 15 is 0 Å². The van der Waals surface area contributed by atoms with Crippen LogP contribution in [0.3, 0.4) is 0 Å². The largest absolute Gasteiger partial charge is 0.396 e. The van der Waals surface area contributed by atoms with Crippen LogP contribution in [0.25, 0.3) is 0 Å². The van der Waals surface area contributed by atoms with Crippen LogP contribution >= 0.6 is 0 Å². The molecule has 0 aliphatic rings. The fourth-order valence-corrected chi connectivity index (χ4v) is 2.31. The molecule has 2 heteroatoms. The molecule has 0 radical (unpaired) electrons. The summed E-state index contributed by atoms with van der Waals surface area (Å²) in [5.74, 6) is 0.587. The Kier molecular flexibility index (Phi) is 6.99. The van der Waals surface area contributed by atoms with Crippen molar-refractivity contribution < 1.29 is 5.11 Å². The molecule has 1 aromatic rings. The summed E-state index contributed by atoms with van der Waals surface area (Å²) in [6, 6.07) is 9.04. The number of nitrogens with one attached hydrogen (secondary N) is 1. The Morgan fingerprint density at radius 3 is 2.44 bits per heavy atom. The molecule has 0 bridgehead atoms. The second-order valence-electron chi connectivity index (χ2n) is 5.32. The summed E-state index contributed by atoms with van der Waals surface area (Å²) < 4.78 is 0. The van der Waals surface area contributed by atoms with E-state index in [0.717, 1.165) is 25.8 Å². The summed E-state index contributed by atoms with van der Waals surface area (Å²) in [5, 5.41) is 12.4. The van der Waals surface area contributed by atoms with E-state index in [1.165, 1.54) is 11.1 Å². The number of rotatable bonds is 8. The van der Waals surface area contributed by atoms with Gasteiger partial charge in [-0.25, -0.2) is 0 Å². The molecule has 1 atom stereocenters. The van der Waals surface area contributed by atoms with Crippen LogP contribution in [0.15, 0.2) is 24.3 Å². The first-order valence-corrected chi connectivity index (χ1v) is 7.06.